The highest BCUT2D eigenvalue weighted by Crippen LogP contribution is 2.54. The predicted octanol–water partition coefficient (Wildman–Crippen LogP) is 1.72. The maximum Gasteiger partial charge on any atom is 0.256 e. The number of carbonyl (C=O) groups is 2. The van der Waals surface area contributed by atoms with Crippen molar-refractivity contribution < 1.29 is 23.5 Å². The van der Waals surface area contributed by atoms with Crippen LogP contribution in [0.4, 0.5) is 8.78 Å². The van der Waals surface area contributed by atoms with E-state index in [1.54, 1.807) is 10.9 Å². The van der Waals surface area contributed by atoms with E-state index in [9.17, 15) is 23.5 Å². The molecule has 10 heteroatoms. The molecule has 5 atom stereocenters. The maximum absolute atomic E-state index is 13.6. The molecule has 0 unspecified atom stereocenters. The molecule has 2 saturated carbocycles. The predicted molar refractivity (Wildman–Crippen MR) is 107 cm³/mol. The standard InChI is InChI=1S/C21H31F2N5O3/c1-11-14(21(11,22)23)8-24-18(30)16-7-13(29)9-27(16)19(31)17(20(2,3)4)28-10-15(25-26-28)12-5-6-12/h10-14,16-17,29H,5-9H2,1-4H3,(H,24,30)/t11-,13-,14-,16+,17-/m1/s1. The second-order valence-corrected chi connectivity index (χ2v) is 10.4. The number of nitrogens with zero attached hydrogens (tertiary/aromatic N) is 4. The van der Waals surface area contributed by atoms with Crippen molar-refractivity contribution in [2.24, 2.45) is 17.3 Å². The fourth-order valence-electron chi connectivity index (χ4n) is 4.53. The summed E-state index contributed by atoms with van der Waals surface area (Å²) >= 11 is 0. The number of aliphatic hydroxyl groups is 1. The van der Waals surface area contributed by atoms with E-state index in [-0.39, 0.29) is 25.4 Å². The third-order valence-electron chi connectivity index (χ3n) is 6.80. The van der Waals surface area contributed by atoms with Gasteiger partial charge in [-0.3, -0.25) is 9.59 Å². The number of rotatable bonds is 6. The molecule has 2 N–H and O–H groups in total. The topological polar surface area (TPSA) is 100 Å². The number of amides is 2. The van der Waals surface area contributed by atoms with Crippen molar-refractivity contribution in [1.29, 1.82) is 0 Å². The van der Waals surface area contributed by atoms with Crippen LogP contribution in [-0.4, -0.2) is 68.0 Å². The van der Waals surface area contributed by atoms with Gasteiger partial charge in [-0.05, 0) is 18.3 Å². The van der Waals surface area contributed by atoms with Gasteiger partial charge in [0, 0.05) is 43.5 Å². The Morgan fingerprint density at radius 1 is 1.35 bits per heavy atom. The van der Waals surface area contributed by atoms with Crippen LogP contribution in [0.15, 0.2) is 6.20 Å². The van der Waals surface area contributed by atoms with E-state index in [1.807, 2.05) is 20.8 Å². The Kier molecular flexibility index (Phi) is 5.34. The van der Waals surface area contributed by atoms with Gasteiger partial charge in [-0.2, -0.15) is 0 Å². The molecule has 4 rings (SSSR count). The van der Waals surface area contributed by atoms with Crippen LogP contribution in [0, 0.1) is 17.3 Å². The average Bonchev–Trinajstić information content (AvgIpc) is 3.44. The van der Waals surface area contributed by atoms with Gasteiger partial charge in [0.25, 0.3) is 5.92 Å². The first kappa shape index (κ1) is 22.1. The van der Waals surface area contributed by atoms with Crippen molar-refractivity contribution in [2.75, 3.05) is 13.1 Å². The SMILES string of the molecule is C[C@@H]1[C@@H](CNC(=O)[C@@H]2C[C@@H](O)CN2C(=O)[C@@H](n2cc(C3CC3)nn2)C(C)(C)C)C1(F)F. The highest BCUT2D eigenvalue weighted by atomic mass is 19.3. The summed E-state index contributed by atoms with van der Waals surface area (Å²) in [6.07, 6.45) is 3.15. The van der Waals surface area contributed by atoms with Crippen LogP contribution in [0.25, 0.3) is 0 Å². The molecule has 8 nitrogen and oxygen atoms in total. The number of alkyl halides is 2. The van der Waals surface area contributed by atoms with Crippen LogP contribution in [0.2, 0.25) is 0 Å². The molecule has 3 fully saturated rings. The van der Waals surface area contributed by atoms with Crippen LogP contribution in [0.5, 0.6) is 0 Å². The van der Waals surface area contributed by atoms with Crippen LogP contribution in [-0.2, 0) is 9.59 Å². The summed E-state index contributed by atoms with van der Waals surface area (Å²) in [7, 11) is 0. The summed E-state index contributed by atoms with van der Waals surface area (Å²) < 4.78 is 28.6. The lowest BCUT2D eigenvalue weighted by Gasteiger charge is -2.34. The molecular formula is C21H31F2N5O3. The lowest BCUT2D eigenvalue weighted by Crippen LogP contribution is -2.50. The number of β-amino-alcohol motifs (C(OH)–C–C–N with tert-alkyl or cyclic N) is 1. The lowest BCUT2D eigenvalue weighted by molar-refractivity contribution is -0.144. The Hall–Kier alpha value is -2.10. The Labute approximate surface area is 180 Å². The van der Waals surface area contributed by atoms with E-state index >= 15 is 0 Å². The molecule has 172 valence electrons. The fourth-order valence-corrected chi connectivity index (χ4v) is 4.53. The Morgan fingerprint density at radius 2 is 2.00 bits per heavy atom. The number of aromatic nitrogens is 3. The zero-order chi connectivity index (χ0) is 22.7. The first-order valence-electron chi connectivity index (χ1n) is 11.0. The molecular weight excluding hydrogens is 408 g/mol. The molecule has 2 heterocycles. The summed E-state index contributed by atoms with van der Waals surface area (Å²) in [6, 6.07) is -1.61. The molecule has 0 radical (unpaired) electrons. The average molecular weight is 440 g/mol. The first-order chi connectivity index (χ1) is 14.4. The van der Waals surface area contributed by atoms with E-state index in [0.717, 1.165) is 18.5 Å². The van der Waals surface area contributed by atoms with E-state index in [1.165, 1.54) is 11.8 Å². The van der Waals surface area contributed by atoms with Gasteiger partial charge in [-0.1, -0.05) is 32.9 Å². The number of hydrogen-bond donors (Lipinski definition) is 2. The second kappa shape index (κ2) is 7.50. The molecule has 1 aromatic heterocycles. The van der Waals surface area contributed by atoms with Gasteiger partial charge < -0.3 is 15.3 Å². The zero-order valence-corrected chi connectivity index (χ0v) is 18.4. The number of carbonyl (C=O) groups excluding carboxylic acids is 2. The second-order valence-electron chi connectivity index (χ2n) is 10.4. The minimum absolute atomic E-state index is 0.0175. The third kappa shape index (κ3) is 4.18. The van der Waals surface area contributed by atoms with Crippen LogP contribution < -0.4 is 5.32 Å². The van der Waals surface area contributed by atoms with Crippen molar-refractivity contribution in [3.05, 3.63) is 11.9 Å². The fraction of sp³-hybridized carbons (Fsp3) is 0.810. The summed E-state index contributed by atoms with van der Waals surface area (Å²) in [6.45, 7) is 7.06. The van der Waals surface area contributed by atoms with Crippen molar-refractivity contribution >= 4 is 11.8 Å². The molecule has 1 saturated heterocycles. The monoisotopic (exact) mass is 439 g/mol. The molecule has 31 heavy (non-hydrogen) atoms. The molecule has 3 aliphatic rings. The quantitative estimate of drug-likeness (QED) is 0.703. The highest BCUT2D eigenvalue weighted by molar-refractivity contribution is 5.90. The van der Waals surface area contributed by atoms with E-state index in [4.69, 9.17) is 0 Å². The minimum Gasteiger partial charge on any atom is -0.391 e. The molecule has 0 aromatic carbocycles. The van der Waals surface area contributed by atoms with Crippen molar-refractivity contribution in [3.8, 4) is 0 Å². The smallest absolute Gasteiger partial charge is 0.256 e. The number of hydrogen-bond acceptors (Lipinski definition) is 5. The van der Waals surface area contributed by atoms with Crippen LogP contribution >= 0.6 is 0 Å². The minimum atomic E-state index is -2.76. The molecule has 0 bridgehead atoms. The molecule has 2 amide bonds. The number of nitrogens with one attached hydrogen (secondary N) is 1. The van der Waals surface area contributed by atoms with Gasteiger partial charge >= 0.3 is 0 Å². The summed E-state index contributed by atoms with van der Waals surface area (Å²) in [5.74, 6) is -4.86. The van der Waals surface area contributed by atoms with Crippen LogP contribution in [0.3, 0.4) is 0 Å². The van der Waals surface area contributed by atoms with Gasteiger partial charge in [-0.25, -0.2) is 13.5 Å². The maximum atomic E-state index is 13.6. The highest BCUT2D eigenvalue weighted by Gasteiger charge is 2.65. The summed E-state index contributed by atoms with van der Waals surface area (Å²) in [4.78, 5) is 27.7. The Morgan fingerprint density at radius 3 is 2.55 bits per heavy atom. The molecule has 2 aliphatic carbocycles. The normalized spacial score (nSPS) is 30.9. The van der Waals surface area contributed by atoms with E-state index in [0.29, 0.717) is 5.92 Å². The van der Waals surface area contributed by atoms with Gasteiger partial charge in [-0.15, -0.1) is 5.10 Å². The first-order valence-corrected chi connectivity index (χ1v) is 11.0. The van der Waals surface area contributed by atoms with Gasteiger partial charge in [0.1, 0.15) is 12.1 Å². The Bertz CT molecular complexity index is 863. The van der Waals surface area contributed by atoms with Crippen molar-refractivity contribution in [1.82, 2.24) is 25.2 Å². The number of aliphatic hydroxyl groups excluding tert-OH is 1. The number of likely N-dealkylation sites (tertiary alicyclic amines) is 1. The Balaban J connectivity index is 1.50. The van der Waals surface area contributed by atoms with Gasteiger partial charge in [0.05, 0.1) is 11.8 Å². The summed E-state index contributed by atoms with van der Waals surface area (Å²) in [5.41, 5.74) is 0.336. The van der Waals surface area contributed by atoms with Gasteiger partial charge in [0.2, 0.25) is 11.8 Å². The van der Waals surface area contributed by atoms with Gasteiger partial charge in [0.15, 0.2) is 0 Å². The van der Waals surface area contributed by atoms with E-state index < -0.39 is 47.3 Å². The van der Waals surface area contributed by atoms with Crippen molar-refractivity contribution in [2.45, 2.75) is 77.0 Å². The largest absolute Gasteiger partial charge is 0.391 e. The zero-order valence-electron chi connectivity index (χ0n) is 18.4. The van der Waals surface area contributed by atoms with E-state index in [2.05, 4.69) is 15.6 Å². The molecule has 0 spiro atoms. The summed E-state index contributed by atoms with van der Waals surface area (Å²) in [5, 5.41) is 21.2. The third-order valence-corrected chi connectivity index (χ3v) is 6.80. The molecule has 1 aromatic rings. The number of halogens is 2. The van der Waals surface area contributed by atoms with Crippen molar-refractivity contribution in [3.63, 3.8) is 0 Å². The lowest BCUT2D eigenvalue weighted by atomic mass is 9.85. The molecule has 1 aliphatic heterocycles. The van der Waals surface area contributed by atoms with Crippen LogP contribution in [0.1, 0.15) is 64.6 Å².